The van der Waals surface area contributed by atoms with E-state index >= 15 is 0 Å². The molecule has 3 fully saturated rings. The average Bonchev–Trinajstić information content (AvgIpc) is 3.98. The molecule has 2 aliphatic heterocycles. The predicted octanol–water partition coefficient (Wildman–Crippen LogP) is 8.39. The van der Waals surface area contributed by atoms with Crippen molar-refractivity contribution in [2.24, 2.45) is 5.41 Å². The van der Waals surface area contributed by atoms with Crippen molar-refractivity contribution >= 4 is 66.5 Å². The van der Waals surface area contributed by atoms with Crippen molar-refractivity contribution in [2.75, 3.05) is 63.9 Å². The summed E-state index contributed by atoms with van der Waals surface area (Å²) in [4.78, 5) is 40.6. The highest BCUT2D eigenvalue weighted by atomic mass is 35.5. The van der Waals surface area contributed by atoms with Gasteiger partial charge in [0.2, 0.25) is 0 Å². The number of fused-ring (bicyclic) bond motifs is 2. The average molecular weight is 963 g/mol. The number of halogens is 1. The SMILES string of the molecule is CC1(C)CCC(CN2CCN(c3ccc(C(=O)NS(=O)(=O)c4ccc(OC5CCC(N6CCOCC6)CC5)c([N+](=O)[O-])c4)c(-n4ncc5nc6[nH]ccc6cc54)c3)CC2)=C(c2ccc(Cl)cc2)C1. The zero-order valence-corrected chi connectivity index (χ0v) is 39.9. The number of rotatable bonds is 12. The minimum atomic E-state index is -4.61. The summed E-state index contributed by atoms with van der Waals surface area (Å²) >= 11 is 6.27. The number of anilines is 1. The van der Waals surface area contributed by atoms with Crippen LogP contribution in [0.2, 0.25) is 5.02 Å². The van der Waals surface area contributed by atoms with Gasteiger partial charge in [-0.25, -0.2) is 22.8 Å². The maximum atomic E-state index is 14.3. The van der Waals surface area contributed by atoms with Crippen LogP contribution in [0.15, 0.2) is 95.7 Å². The fourth-order valence-corrected chi connectivity index (χ4v) is 11.5. The number of amides is 1. The minimum Gasteiger partial charge on any atom is -0.484 e. The number of nitro groups is 1. The molecule has 0 spiro atoms. The highest BCUT2D eigenvalue weighted by molar-refractivity contribution is 7.90. The molecule has 356 valence electrons. The Morgan fingerprint density at radius 2 is 1.74 bits per heavy atom. The zero-order chi connectivity index (χ0) is 47.2. The van der Waals surface area contributed by atoms with Crippen molar-refractivity contribution in [2.45, 2.75) is 75.8 Å². The molecule has 5 heterocycles. The number of allylic oxidation sites excluding steroid dienone is 1. The van der Waals surface area contributed by atoms with Gasteiger partial charge in [-0.05, 0) is 116 Å². The number of hydrogen-bond donors (Lipinski definition) is 2. The van der Waals surface area contributed by atoms with Gasteiger partial charge in [-0.15, -0.1) is 0 Å². The zero-order valence-electron chi connectivity index (χ0n) is 38.3. The number of ether oxygens (including phenoxy) is 2. The molecule has 16 nitrogen and oxygen atoms in total. The lowest BCUT2D eigenvalue weighted by Crippen LogP contribution is -2.47. The smallest absolute Gasteiger partial charge is 0.312 e. The van der Waals surface area contributed by atoms with Crippen molar-refractivity contribution in [1.29, 1.82) is 0 Å². The molecule has 1 amide bonds. The molecule has 4 aliphatic rings. The number of piperazine rings is 1. The Kier molecular flexibility index (Phi) is 12.8. The standard InChI is InChI=1S/C50H56ClN9O7S/c1-50(2)17-15-35(42(30-50)33-3-5-36(51)6-4-33)32-56-19-21-57(22-20-56)38-9-13-41(44(28-38)59-45-27-34-16-18-52-48(34)54-43(45)31-53-59)49(61)55-68(64,65)40-12-14-47(46(29-40)60(62)63)67-39-10-7-37(8-11-39)58-23-25-66-26-24-58/h3-6,9,12-14,16,18,27-29,31,37,39H,7-8,10-11,15,17,19-26,30,32H2,1-2H3,(H,52,54)(H,55,61). The molecule has 10 rings (SSSR count). The van der Waals surface area contributed by atoms with Crippen molar-refractivity contribution in [3.05, 3.63) is 117 Å². The summed E-state index contributed by atoms with van der Waals surface area (Å²) < 4.78 is 43.4. The number of carbonyl (C=O) groups excluding carboxylic acids is 1. The lowest BCUT2D eigenvalue weighted by Gasteiger charge is -2.39. The molecule has 3 aromatic carbocycles. The molecule has 18 heteroatoms. The lowest BCUT2D eigenvalue weighted by molar-refractivity contribution is -0.386. The van der Waals surface area contributed by atoms with Crippen LogP contribution in [0, 0.1) is 15.5 Å². The van der Waals surface area contributed by atoms with E-state index in [1.54, 1.807) is 23.1 Å². The second-order valence-corrected chi connectivity index (χ2v) is 21.4. The molecule has 2 N–H and O–H groups in total. The van der Waals surface area contributed by atoms with E-state index < -0.39 is 31.4 Å². The van der Waals surface area contributed by atoms with Gasteiger partial charge in [0.05, 0.1) is 52.1 Å². The number of nitro benzene ring substituents is 1. The number of benzene rings is 3. The van der Waals surface area contributed by atoms with Gasteiger partial charge in [-0.2, -0.15) is 5.10 Å². The van der Waals surface area contributed by atoms with Gasteiger partial charge in [-0.1, -0.05) is 43.2 Å². The number of sulfonamides is 1. The quantitative estimate of drug-likeness (QED) is 0.0885. The third-order valence-corrected chi connectivity index (χ3v) is 15.8. The van der Waals surface area contributed by atoms with Crippen LogP contribution in [-0.4, -0.2) is 120 Å². The number of H-pyrrole nitrogens is 1. The van der Waals surface area contributed by atoms with Gasteiger partial charge >= 0.3 is 5.69 Å². The minimum absolute atomic E-state index is 0.0117. The molecule has 6 aromatic rings. The molecule has 0 bridgehead atoms. The molecular formula is C50H56ClN9O7S. The van der Waals surface area contributed by atoms with Gasteiger partial charge in [0.15, 0.2) is 5.75 Å². The van der Waals surface area contributed by atoms with E-state index in [4.69, 9.17) is 26.1 Å². The lowest BCUT2D eigenvalue weighted by atomic mass is 9.72. The third-order valence-electron chi connectivity index (χ3n) is 14.2. The van der Waals surface area contributed by atoms with Crippen LogP contribution >= 0.6 is 11.6 Å². The van der Waals surface area contributed by atoms with Crippen molar-refractivity contribution < 1.29 is 27.6 Å². The molecular weight excluding hydrogens is 906 g/mol. The fraction of sp³-hybridized carbons (Fsp3) is 0.420. The molecule has 68 heavy (non-hydrogen) atoms. The molecule has 1 saturated carbocycles. The first kappa shape index (κ1) is 45.9. The largest absolute Gasteiger partial charge is 0.484 e. The van der Waals surface area contributed by atoms with Crippen LogP contribution in [0.1, 0.15) is 74.7 Å². The highest BCUT2D eigenvalue weighted by Gasteiger charge is 2.33. The van der Waals surface area contributed by atoms with Crippen LogP contribution in [0.3, 0.4) is 0 Å². The molecule has 0 unspecified atom stereocenters. The normalized spacial score (nSPS) is 20.8. The summed E-state index contributed by atoms with van der Waals surface area (Å²) in [7, 11) is -4.61. The van der Waals surface area contributed by atoms with Gasteiger partial charge in [0, 0.05) is 80.2 Å². The van der Waals surface area contributed by atoms with E-state index in [1.807, 2.05) is 36.4 Å². The van der Waals surface area contributed by atoms with Gasteiger partial charge in [-0.3, -0.25) is 24.7 Å². The van der Waals surface area contributed by atoms with Crippen molar-refractivity contribution in [3.63, 3.8) is 0 Å². The summed E-state index contributed by atoms with van der Waals surface area (Å²) in [6, 6.07) is 21.2. The van der Waals surface area contributed by atoms with E-state index in [0.717, 1.165) is 100 Å². The van der Waals surface area contributed by atoms with Gasteiger partial charge in [0.1, 0.15) is 11.2 Å². The molecule has 2 saturated heterocycles. The Morgan fingerprint density at radius 1 is 0.971 bits per heavy atom. The maximum Gasteiger partial charge on any atom is 0.312 e. The molecule has 2 aliphatic carbocycles. The van der Waals surface area contributed by atoms with Crippen LogP contribution in [0.5, 0.6) is 5.75 Å². The summed E-state index contributed by atoms with van der Waals surface area (Å²) in [5.74, 6) is -0.932. The summed E-state index contributed by atoms with van der Waals surface area (Å²) in [6.45, 7) is 11.9. The third kappa shape index (κ3) is 9.72. The highest BCUT2D eigenvalue weighted by Crippen LogP contribution is 2.44. The summed E-state index contributed by atoms with van der Waals surface area (Å²) in [5, 5.41) is 18.6. The van der Waals surface area contributed by atoms with E-state index in [9.17, 15) is 23.3 Å². The molecule has 0 atom stereocenters. The van der Waals surface area contributed by atoms with Crippen LogP contribution in [-0.2, 0) is 14.8 Å². The topological polar surface area (TPSA) is 181 Å². The van der Waals surface area contributed by atoms with E-state index in [-0.39, 0.29) is 22.8 Å². The van der Waals surface area contributed by atoms with E-state index in [2.05, 4.69) is 55.5 Å². The summed E-state index contributed by atoms with van der Waals surface area (Å²) in [5.41, 5.74) is 6.97. The number of carbonyl (C=O) groups is 1. The first-order valence-corrected chi connectivity index (χ1v) is 25.4. The number of nitrogens with zero attached hydrogens (tertiary/aromatic N) is 7. The number of nitrogens with one attached hydrogen (secondary N) is 2. The second kappa shape index (κ2) is 18.9. The number of aromatic nitrogens is 4. The monoisotopic (exact) mass is 961 g/mol. The Bertz CT molecular complexity index is 3000. The van der Waals surface area contributed by atoms with E-state index in [1.165, 1.54) is 28.8 Å². The van der Waals surface area contributed by atoms with Crippen LogP contribution in [0.25, 0.3) is 33.3 Å². The summed E-state index contributed by atoms with van der Waals surface area (Å²) in [6.07, 6.45) is 9.56. The fourth-order valence-electron chi connectivity index (χ4n) is 10.4. The van der Waals surface area contributed by atoms with Crippen LogP contribution < -0.4 is 14.4 Å². The number of morpholine rings is 1. The Balaban J connectivity index is 0.884. The Labute approximate surface area is 400 Å². The molecule has 3 aromatic heterocycles. The van der Waals surface area contributed by atoms with Crippen molar-refractivity contribution in [3.8, 4) is 11.4 Å². The van der Waals surface area contributed by atoms with Gasteiger partial charge in [0.25, 0.3) is 15.9 Å². The Morgan fingerprint density at radius 3 is 2.49 bits per heavy atom. The maximum absolute atomic E-state index is 14.3. The number of aromatic amines is 1. The van der Waals surface area contributed by atoms with Crippen LogP contribution in [0.4, 0.5) is 11.4 Å². The Hall–Kier alpha value is -5.85. The first-order valence-electron chi connectivity index (χ1n) is 23.5. The molecule has 0 radical (unpaired) electrons. The van der Waals surface area contributed by atoms with Crippen molar-refractivity contribution in [1.82, 2.24) is 34.3 Å². The van der Waals surface area contributed by atoms with Gasteiger partial charge < -0.3 is 19.4 Å². The number of pyridine rings is 1. The number of hydrogen-bond acceptors (Lipinski definition) is 12. The first-order chi connectivity index (χ1) is 32.8. The van der Waals surface area contributed by atoms with E-state index in [0.29, 0.717) is 54.5 Å². The second-order valence-electron chi connectivity index (χ2n) is 19.3. The predicted molar refractivity (Wildman–Crippen MR) is 262 cm³/mol.